The maximum Gasteiger partial charge on any atom is 0.237 e. The number of anilines is 1. The minimum absolute atomic E-state index is 0.0402. The fraction of sp³-hybridized carbons (Fsp3) is 0.167. The number of hydrogen-bond acceptors (Lipinski definition) is 6. The van der Waals surface area contributed by atoms with Gasteiger partial charge in [0, 0.05) is 0 Å². The molecular weight excluding hydrogens is 304 g/mol. The molecule has 0 atom stereocenters. The van der Waals surface area contributed by atoms with Crippen molar-refractivity contribution in [3.63, 3.8) is 0 Å². The molecule has 2 N–H and O–H groups in total. The second-order valence-corrected chi connectivity index (χ2v) is 5.14. The molecule has 0 fully saturated rings. The Hall–Kier alpha value is -3.33. The van der Waals surface area contributed by atoms with Gasteiger partial charge in [0.25, 0.3) is 0 Å². The highest BCUT2D eigenvalue weighted by Crippen LogP contribution is 2.28. The number of rotatable bonds is 6. The van der Waals surface area contributed by atoms with E-state index in [1.54, 1.807) is 12.1 Å². The Morgan fingerprint density at radius 3 is 2.67 bits per heavy atom. The van der Waals surface area contributed by atoms with Gasteiger partial charge in [0.05, 0.1) is 12.9 Å². The summed E-state index contributed by atoms with van der Waals surface area (Å²) < 4.78 is 11.0. The molecule has 6 heteroatoms. The summed E-state index contributed by atoms with van der Waals surface area (Å²) in [7, 11) is 0. The van der Waals surface area contributed by atoms with Gasteiger partial charge in [-0.25, -0.2) is 4.98 Å². The van der Waals surface area contributed by atoms with Crippen LogP contribution in [-0.2, 0) is 6.42 Å². The van der Waals surface area contributed by atoms with Crippen LogP contribution >= 0.6 is 0 Å². The van der Waals surface area contributed by atoms with Gasteiger partial charge in [0.15, 0.2) is 5.76 Å². The van der Waals surface area contributed by atoms with Crippen molar-refractivity contribution < 1.29 is 9.15 Å². The van der Waals surface area contributed by atoms with Crippen molar-refractivity contribution in [2.75, 3.05) is 12.3 Å². The molecule has 0 aliphatic carbocycles. The molecule has 0 radical (unpaired) electrons. The summed E-state index contributed by atoms with van der Waals surface area (Å²) in [5, 5.41) is 9.43. The number of aromatic nitrogens is 2. The molecule has 3 aromatic rings. The number of nitrogens with zero attached hydrogens (tertiary/aromatic N) is 3. The first-order valence-corrected chi connectivity index (χ1v) is 7.56. The zero-order valence-electron chi connectivity index (χ0n) is 13.0. The summed E-state index contributed by atoms with van der Waals surface area (Å²) in [4.78, 5) is 8.13. The van der Waals surface area contributed by atoms with Gasteiger partial charge >= 0.3 is 0 Å². The maximum absolute atomic E-state index is 9.43. The van der Waals surface area contributed by atoms with E-state index in [2.05, 4.69) is 28.2 Å². The van der Waals surface area contributed by atoms with E-state index in [-0.39, 0.29) is 17.4 Å². The zero-order valence-corrected chi connectivity index (χ0v) is 13.0. The van der Waals surface area contributed by atoms with Gasteiger partial charge in [-0.2, -0.15) is 10.2 Å². The smallest absolute Gasteiger partial charge is 0.237 e. The molecule has 0 aliphatic rings. The van der Waals surface area contributed by atoms with Crippen LogP contribution in [0.1, 0.15) is 17.5 Å². The van der Waals surface area contributed by atoms with E-state index < -0.39 is 0 Å². The third-order valence-electron chi connectivity index (χ3n) is 3.45. The Bertz CT molecular complexity index is 839. The summed E-state index contributed by atoms with van der Waals surface area (Å²) in [5.41, 5.74) is 7.53. The maximum atomic E-state index is 9.43. The van der Waals surface area contributed by atoms with E-state index in [9.17, 15) is 5.26 Å². The van der Waals surface area contributed by atoms with Crippen LogP contribution in [0.4, 0.5) is 5.95 Å². The predicted octanol–water partition coefficient (Wildman–Crippen LogP) is 3.20. The minimum atomic E-state index is 0.0402. The van der Waals surface area contributed by atoms with Gasteiger partial charge in [-0.1, -0.05) is 30.3 Å². The van der Waals surface area contributed by atoms with E-state index in [0.29, 0.717) is 18.1 Å². The molecule has 0 bridgehead atoms. The molecule has 120 valence electrons. The van der Waals surface area contributed by atoms with E-state index in [1.165, 1.54) is 11.8 Å². The highest BCUT2D eigenvalue weighted by Gasteiger charge is 2.18. The van der Waals surface area contributed by atoms with Crippen molar-refractivity contribution in [1.29, 1.82) is 5.26 Å². The van der Waals surface area contributed by atoms with Crippen LogP contribution in [0.25, 0.3) is 11.5 Å². The Morgan fingerprint density at radius 1 is 1.12 bits per heavy atom. The van der Waals surface area contributed by atoms with Gasteiger partial charge in [-0.15, -0.1) is 0 Å². The van der Waals surface area contributed by atoms with Gasteiger partial charge in [0.1, 0.15) is 17.3 Å². The molecule has 6 nitrogen and oxygen atoms in total. The second-order valence-electron chi connectivity index (χ2n) is 5.14. The van der Waals surface area contributed by atoms with Gasteiger partial charge < -0.3 is 14.9 Å². The highest BCUT2D eigenvalue weighted by molar-refractivity contribution is 5.65. The monoisotopic (exact) mass is 320 g/mol. The number of benzene rings is 1. The summed E-state index contributed by atoms with van der Waals surface area (Å²) in [6.07, 6.45) is 3.19. The van der Waals surface area contributed by atoms with Crippen LogP contribution in [0.5, 0.6) is 5.88 Å². The highest BCUT2D eigenvalue weighted by atomic mass is 16.5. The largest absolute Gasteiger partial charge is 0.477 e. The SMILES string of the molecule is N#Cc1c(OCCCc2ccccc2)nc(N)nc1-c1ccco1. The lowest BCUT2D eigenvalue weighted by molar-refractivity contribution is 0.298. The number of ether oxygens (including phenoxy) is 1. The Balaban J connectivity index is 1.72. The van der Waals surface area contributed by atoms with Crippen LogP contribution in [0.2, 0.25) is 0 Å². The van der Waals surface area contributed by atoms with Crippen molar-refractivity contribution in [2.45, 2.75) is 12.8 Å². The molecule has 0 amide bonds. The number of nitrogen functional groups attached to an aromatic ring is 1. The molecule has 3 rings (SSSR count). The van der Waals surface area contributed by atoms with Crippen LogP contribution in [0, 0.1) is 11.3 Å². The molecule has 0 unspecified atom stereocenters. The van der Waals surface area contributed by atoms with Gasteiger partial charge in [0.2, 0.25) is 11.8 Å². The van der Waals surface area contributed by atoms with Crippen LogP contribution in [0.15, 0.2) is 53.1 Å². The number of aryl methyl sites for hydroxylation is 1. The Kier molecular flexibility index (Phi) is 4.73. The summed E-state index contributed by atoms with van der Waals surface area (Å²) in [6, 6.07) is 15.6. The third-order valence-corrected chi connectivity index (χ3v) is 3.45. The number of nitriles is 1. The standard InChI is InChI=1S/C18H16N4O2/c19-12-14-16(15-9-5-10-23-15)21-18(20)22-17(14)24-11-4-8-13-6-2-1-3-7-13/h1-3,5-7,9-10H,4,8,11H2,(H2,20,21,22). The Labute approximate surface area is 139 Å². The van der Waals surface area contributed by atoms with Crippen molar-refractivity contribution in [1.82, 2.24) is 9.97 Å². The van der Waals surface area contributed by atoms with Gasteiger partial charge in [-0.05, 0) is 30.5 Å². The van der Waals surface area contributed by atoms with E-state index in [4.69, 9.17) is 14.9 Å². The minimum Gasteiger partial charge on any atom is -0.477 e. The molecule has 0 aliphatic heterocycles. The molecule has 2 heterocycles. The molecule has 0 saturated carbocycles. The van der Waals surface area contributed by atoms with E-state index in [1.807, 2.05) is 18.2 Å². The molecule has 0 saturated heterocycles. The molecule has 1 aromatic carbocycles. The first-order valence-electron chi connectivity index (χ1n) is 7.56. The first kappa shape index (κ1) is 15.6. The van der Waals surface area contributed by atoms with Crippen LogP contribution in [-0.4, -0.2) is 16.6 Å². The summed E-state index contributed by atoms with van der Waals surface area (Å²) >= 11 is 0. The normalized spacial score (nSPS) is 10.3. The van der Waals surface area contributed by atoms with Crippen molar-refractivity contribution in [3.05, 3.63) is 59.9 Å². The molecule has 2 aromatic heterocycles. The quantitative estimate of drug-likeness (QED) is 0.700. The summed E-state index contributed by atoms with van der Waals surface area (Å²) in [5.74, 6) is 0.678. The summed E-state index contributed by atoms with van der Waals surface area (Å²) in [6.45, 7) is 0.428. The topological polar surface area (TPSA) is 98.0 Å². The average molecular weight is 320 g/mol. The predicted molar refractivity (Wildman–Crippen MR) is 89.1 cm³/mol. The van der Waals surface area contributed by atoms with Crippen molar-refractivity contribution >= 4 is 5.95 Å². The number of nitrogens with two attached hydrogens (primary N) is 1. The van der Waals surface area contributed by atoms with E-state index >= 15 is 0 Å². The zero-order chi connectivity index (χ0) is 16.8. The molecule has 24 heavy (non-hydrogen) atoms. The fourth-order valence-corrected chi connectivity index (χ4v) is 2.34. The van der Waals surface area contributed by atoms with Gasteiger partial charge in [-0.3, -0.25) is 0 Å². The average Bonchev–Trinajstić information content (AvgIpc) is 3.13. The lowest BCUT2D eigenvalue weighted by atomic mass is 10.1. The first-order chi connectivity index (χ1) is 11.8. The second kappa shape index (κ2) is 7.29. The molecule has 0 spiro atoms. The number of hydrogen-bond donors (Lipinski definition) is 1. The van der Waals surface area contributed by atoms with Crippen molar-refractivity contribution in [3.8, 4) is 23.4 Å². The lowest BCUT2D eigenvalue weighted by Gasteiger charge is -2.09. The Morgan fingerprint density at radius 2 is 1.96 bits per heavy atom. The molecular formula is C18H16N4O2. The fourth-order valence-electron chi connectivity index (χ4n) is 2.34. The van der Waals surface area contributed by atoms with E-state index in [0.717, 1.165) is 12.8 Å². The number of furan rings is 1. The van der Waals surface area contributed by atoms with Crippen molar-refractivity contribution in [2.24, 2.45) is 0 Å². The van der Waals surface area contributed by atoms with Crippen LogP contribution < -0.4 is 10.5 Å². The lowest BCUT2D eigenvalue weighted by Crippen LogP contribution is -2.07. The third kappa shape index (κ3) is 3.52. The van der Waals surface area contributed by atoms with Crippen LogP contribution in [0.3, 0.4) is 0 Å².